The average Bonchev–Trinajstić information content (AvgIpc) is 2.40. The van der Waals surface area contributed by atoms with Crippen LogP contribution in [0.1, 0.15) is 52.9 Å². The zero-order valence-corrected chi connectivity index (χ0v) is 14.3. The highest BCUT2D eigenvalue weighted by Gasteiger charge is 2.28. The monoisotopic (exact) mass is 338 g/mol. The van der Waals surface area contributed by atoms with Crippen LogP contribution in [0.5, 0.6) is 0 Å². The molecule has 0 radical (unpaired) electrons. The molecule has 0 saturated carbocycles. The Labute approximate surface area is 136 Å². The molecule has 1 heterocycles. The molecule has 0 spiro atoms. The molecule has 0 aromatic carbocycles. The molecule has 23 heavy (non-hydrogen) atoms. The normalized spacial score (nSPS) is 19.7. The number of nitrogens with zero attached hydrogens (tertiary/aromatic N) is 1. The first-order chi connectivity index (χ1) is 10.6. The van der Waals surface area contributed by atoms with E-state index in [0.717, 1.165) is 19.4 Å². The van der Waals surface area contributed by atoms with E-state index in [1.807, 2.05) is 20.8 Å². The molecular formula is C16H29F3N2O2. The number of halogens is 3. The lowest BCUT2D eigenvalue weighted by molar-refractivity contribution is -0.135. The summed E-state index contributed by atoms with van der Waals surface area (Å²) in [4.78, 5) is 13.8. The topological polar surface area (TPSA) is 41.6 Å². The van der Waals surface area contributed by atoms with Crippen LogP contribution < -0.4 is 5.32 Å². The first-order valence-corrected chi connectivity index (χ1v) is 8.32. The minimum atomic E-state index is -4.06. The van der Waals surface area contributed by atoms with Crippen LogP contribution in [0.2, 0.25) is 0 Å². The van der Waals surface area contributed by atoms with E-state index in [1.165, 1.54) is 0 Å². The van der Waals surface area contributed by atoms with Crippen LogP contribution >= 0.6 is 0 Å². The third-order valence-electron chi connectivity index (χ3n) is 3.67. The van der Waals surface area contributed by atoms with Gasteiger partial charge in [-0.25, -0.2) is 4.79 Å². The Morgan fingerprint density at radius 2 is 1.96 bits per heavy atom. The second-order valence-corrected chi connectivity index (χ2v) is 7.21. The molecule has 1 aliphatic rings. The number of unbranched alkanes of at least 4 members (excludes halogenated alkanes) is 1. The molecule has 0 aliphatic carbocycles. The second-order valence-electron chi connectivity index (χ2n) is 7.21. The van der Waals surface area contributed by atoms with Crippen LogP contribution in [0, 0.1) is 5.92 Å². The quantitative estimate of drug-likeness (QED) is 0.746. The van der Waals surface area contributed by atoms with E-state index in [0.29, 0.717) is 32.0 Å². The van der Waals surface area contributed by atoms with E-state index in [9.17, 15) is 18.0 Å². The van der Waals surface area contributed by atoms with Gasteiger partial charge in [0.05, 0.1) is 0 Å². The van der Waals surface area contributed by atoms with Crippen LogP contribution in [0.4, 0.5) is 18.0 Å². The smallest absolute Gasteiger partial charge is 0.410 e. The minimum Gasteiger partial charge on any atom is -0.444 e. The Hall–Kier alpha value is -0.980. The largest absolute Gasteiger partial charge is 0.444 e. The molecule has 1 atom stereocenters. The van der Waals surface area contributed by atoms with E-state index >= 15 is 0 Å². The van der Waals surface area contributed by atoms with E-state index in [2.05, 4.69) is 5.32 Å². The Morgan fingerprint density at radius 3 is 2.57 bits per heavy atom. The van der Waals surface area contributed by atoms with Crippen molar-refractivity contribution in [2.75, 3.05) is 26.2 Å². The molecule has 136 valence electrons. The van der Waals surface area contributed by atoms with Crippen LogP contribution in [-0.4, -0.2) is 48.9 Å². The molecule has 1 fully saturated rings. The number of alkyl halides is 3. The number of hydrogen-bond acceptors (Lipinski definition) is 3. The molecule has 1 saturated heterocycles. The Balaban J connectivity index is 2.19. The van der Waals surface area contributed by atoms with Gasteiger partial charge in [0.15, 0.2) is 0 Å². The van der Waals surface area contributed by atoms with Crippen molar-refractivity contribution in [3.8, 4) is 0 Å². The van der Waals surface area contributed by atoms with Gasteiger partial charge in [0.1, 0.15) is 5.60 Å². The van der Waals surface area contributed by atoms with Gasteiger partial charge >= 0.3 is 12.3 Å². The van der Waals surface area contributed by atoms with Crippen molar-refractivity contribution in [3.63, 3.8) is 0 Å². The van der Waals surface area contributed by atoms with Gasteiger partial charge in [-0.15, -0.1) is 0 Å². The van der Waals surface area contributed by atoms with Gasteiger partial charge < -0.3 is 15.0 Å². The Morgan fingerprint density at radius 1 is 1.26 bits per heavy atom. The maximum absolute atomic E-state index is 12.0. The van der Waals surface area contributed by atoms with Gasteiger partial charge in [0.25, 0.3) is 0 Å². The molecule has 4 nitrogen and oxygen atoms in total. The SMILES string of the molecule is CC(C)(C)OC(=O)N1CCCC(CNCCCCC(F)(F)F)C1. The number of amides is 1. The van der Waals surface area contributed by atoms with E-state index in [1.54, 1.807) is 4.90 Å². The molecule has 1 N–H and O–H groups in total. The summed E-state index contributed by atoms with van der Waals surface area (Å²) in [7, 11) is 0. The highest BCUT2D eigenvalue weighted by molar-refractivity contribution is 5.68. The lowest BCUT2D eigenvalue weighted by atomic mass is 9.98. The summed E-state index contributed by atoms with van der Waals surface area (Å²) in [5, 5.41) is 3.20. The van der Waals surface area contributed by atoms with Crippen LogP contribution in [0.25, 0.3) is 0 Å². The maximum atomic E-state index is 12.0. The first-order valence-electron chi connectivity index (χ1n) is 8.32. The zero-order chi connectivity index (χ0) is 17.5. The molecule has 1 unspecified atom stereocenters. The van der Waals surface area contributed by atoms with Crippen molar-refractivity contribution in [3.05, 3.63) is 0 Å². The van der Waals surface area contributed by atoms with E-state index in [-0.39, 0.29) is 12.5 Å². The lowest BCUT2D eigenvalue weighted by Gasteiger charge is -2.34. The van der Waals surface area contributed by atoms with Crippen molar-refractivity contribution < 1.29 is 22.7 Å². The Kier molecular flexibility index (Phi) is 7.64. The highest BCUT2D eigenvalue weighted by atomic mass is 19.4. The number of likely N-dealkylation sites (tertiary alicyclic amines) is 1. The molecule has 0 bridgehead atoms. The maximum Gasteiger partial charge on any atom is 0.410 e. The first kappa shape index (κ1) is 20.1. The summed E-state index contributed by atoms with van der Waals surface area (Å²) in [5.74, 6) is 0.332. The van der Waals surface area contributed by atoms with Crippen LogP contribution in [0.15, 0.2) is 0 Å². The third kappa shape index (κ3) is 9.69. The van der Waals surface area contributed by atoms with E-state index < -0.39 is 18.2 Å². The predicted molar refractivity (Wildman–Crippen MR) is 83.3 cm³/mol. The fraction of sp³-hybridized carbons (Fsp3) is 0.938. The molecule has 0 aromatic rings. The molecule has 0 aromatic heterocycles. The summed E-state index contributed by atoms with van der Waals surface area (Å²) >= 11 is 0. The van der Waals surface area contributed by atoms with Crippen molar-refractivity contribution in [1.29, 1.82) is 0 Å². The van der Waals surface area contributed by atoms with Gasteiger partial charge in [0, 0.05) is 19.5 Å². The number of piperidine rings is 1. The van der Waals surface area contributed by atoms with Crippen molar-refractivity contribution in [2.45, 2.75) is 64.7 Å². The zero-order valence-electron chi connectivity index (χ0n) is 14.3. The summed E-state index contributed by atoms with van der Waals surface area (Å²) in [6.45, 7) is 8.18. The standard InChI is InChI=1S/C16H29F3N2O2/c1-15(2,3)23-14(22)21-10-6-7-13(12-21)11-20-9-5-4-8-16(17,18)19/h13,20H,4-12H2,1-3H3. The number of carbonyl (C=O) groups excluding carboxylic acids is 1. The number of rotatable bonds is 6. The predicted octanol–water partition coefficient (Wildman–Crippen LogP) is 3.96. The fourth-order valence-corrected chi connectivity index (χ4v) is 2.61. The van der Waals surface area contributed by atoms with Gasteiger partial charge in [-0.1, -0.05) is 0 Å². The lowest BCUT2D eigenvalue weighted by Crippen LogP contribution is -2.45. The average molecular weight is 338 g/mol. The van der Waals surface area contributed by atoms with Crippen molar-refractivity contribution in [2.24, 2.45) is 5.92 Å². The van der Waals surface area contributed by atoms with Crippen LogP contribution in [-0.2, 0) is 4.74 Å². The van der Waals surface area contributed by atoms with Gasteiger partial charge in [-0.2, -0.15) is 13.2 Å². The summed E-state index contributed by atoms with van der Waals surface area (Å²) < 4.78 is 41.4. The fourth-order valence-electron chi connectivity index (χ4n) is 2.61. The summed E-state index contributed by atoms with van der Waals surface area (Å²) in [6.07, 6.45) is -2.43. The van der Waals surface area contributed by atoms with Crippen molar-refractivity contribution >= 4 is 6.09 Å². The van der Waals surface area contributed by atoms with E-state index in [4.69, 9.17) is 4.74 Å². The molecule has 7 heteroatoms. The molecule has 1 aliphatic heterocycles. The Bertz CT molecular complexity index is 367. The van der Waals surface area contributed by atoms with Crippen LogP contribution in [0.3, 0.4) is 0 Å². The highest BCUT2D eigenvalue weighted by Crippen LogP contribution is 2.22. The number of hydrogen-bond donors (Lipinski definition) is 1. The number of carbonyl (C=O) groups is 1. The number of ether oxygens (including phenoxy) is 1. The second kappa shape index (κ2) is 8.76. The third-order valence-corrected chi connectivity index (χ3v) is 3.67. The summed E-state index contributed by atoms with van der Waals surface area (Å²) in [5.41, 5.74) is -0.499. The summed E-state index contributed by atoms with van der Waals surface area (Å²) in [6, 6.07) is 0. The van der Waals surface area contributed by atoms with Gasteiger partial charge in [0.2, 0.25) is 0 Å². The molecular weight excluding hydrogens is 309 g/mol. The number of nitrogens with one attached hydrogen (secondary N) is 1. The van der Waals surface area contributed by atoms with Gasteiger partial charge in [-0.3, -0.25) is 0 Å². The van der Waals surface area contributed by atoms with Crippen molar-refractivity contribution in [1.82, 2.24) is 10.2 Å². The molecule has 1 rings (SSSR count). The minimum absolute atomic E-state index is 0.158. The van der Waals surface area contributed by atoms with Gasteiger partial charge in [-0.05, 0) is 65.5 Å². The molecule has 1 amide bonds.